The molecule has 7 nitrogen and oxygen atoms in total. The number of carbonyl (C=O) groups is 2. The number of likely N-dealkylation sites (N-methyl/N-ethyl adjacent to an activating group) is 1. The molecule has 2 aliphatic rings. The zero-order valence-corrected chi connectivity index (χ0v) is 16.9. The minimum Gasteiger partial charge on any atom is -0.497 e. The number of hydrogen-bond donors (Lipinski definition) is 2. The number of rotatable bonds is 8. The van der Waals surface area contributed by atoms with Gasteiger partial charge in [0.15, 0.2) is 0 Å². The fourth-order valence-electron chi connectivity index (χ4n) is 4.19. The summed E-state index contributed by atoms with van der Waals surface area (Å²) in [6, 6.07) is 8.76. The van der Waals surface area contributed by atoms with Crippen molar-refractivity contribution in [3.05, 3.63) is 29.8 Å². The second kappa shape index (κ2) is 8.82. The van der Waals surface area contributed by atoms with Crippen molar-refractivity contribution in [2.24, 2.45) is 0 Å². The first kappa shape index (κ1) is 20.5. The van der Waals surface area contributed by atoms with Gasteiger partial charge in [-0.25, -0.2) is 4.79 Å². The Labute approximate surface area is 166 Å². The predicted molar refractivity (Wildman–Crippen MR) is 107 cm³/mol. The maximum atomic E-state index is 12.5. The highest BCUT2D eigenvalue weighted by atomic mass is 16.5. The fourth-order valence-corrected chi connectivity index (χ4v) is 4.19. The third kappa shape index (κ3) is 4.58. The molecular weight excluding hydrogens is 358 g/mol. The summed E-state index contributed by atoms with van der Waals surface area (Å²) < 4.78 is 5.29. The lowest BCUT2D eigenvalue weighted by molar-refractivity contribution is -0.139. The largest absolute Gasteiger partial charge is 0.497 e. The van der Waals surface area contributed by atoms with E-state index in [-0.39, 0.29) is 30.7 Å². The van der Waals surface area contributed by atoms with Gasteiger partial charge in [0.05, 0.1) is 13.7 Å². The highest BCUT2D eigenvalue weighted by Crippen LogP contribution is 2.40. The number of carboxylic acids is 1. The van der Waals surface area contributed by atoms with Crippen LogP contribution in [-0.4, -0.2) is 72.3 Å². The summed E-state index contributed by atoms with van der Waals surface area (Å²) in [5, 5.41) is 12.1. The smallest absolute Gasteiger partial charge is 0.317 e. The van der Waals surface area contributed by atoms with E-state index in [4.69, 9.17) is 9.84 Å². The van der Waals surface area contributed by atoms with Crippen LogP contribution >= 0.6 is 0 Å². The summed E-state index contributed by atoms with van der Waals surface area (Å²) in [6.07, 6.45) is 3.56. The number of hydrogen-bond acceptors (Lipinski definition) is 4. The van der Waals surface area contributed by atoms with Crippen LogP contribution in [0.4, 0.5) is 4.79 Å². The molecule has 0 spiro atoms. The summed E-state index contributed by atoms with van der Waals surface area (Å²) in [7, 11) is 3.54. The van der Waals surface area contributed by atoms with Crippen LogP contribution < -0.4 is 10.1 Å². The van der Waals surface area contributed by atoms with Crippen molar-refractivity contribution in [3.63, 3.8) is 0 Å². The lowest BCUT2D eigenvalue weighted by Crippen LogP contribution is -2.58. The van der Waals surface area contributed by atoms with Crippen LogP contribution in [0.15, 0.2) is 24.3 Å². The van der Waals surface area contributed by atoms with Crippen LogP contribution in [0.2, 0.25) is 0 Å². The van der Waals surface area contributed by atoms with Crippen molar-refractivity contribution in [1.82, 2.24) is 15.1 Å². The molecule has 2 amide bonds. The Hall–Kier alpha value is -2.28. The van der Waals surface area contributed by atoms with Gasteiger partial charge in [-0.15, -0.1) is 0 Å². The third-order valence-corrected chi connectivity index (χ3v) is 6.25. The molecule has 3 rings (SSSR count). The molecule has 2 fully saturated rings. The van der Waals surface area contributed by atoms with Gasteiger partial charge in [-0.05, 0) is 55.8 Å². The molecule has 0 aromatic heterocycles. The summed E-state index contributed by atoms with van der Waals surface area (Å²) in [5.41, 5.74) is 1.27. The van der Waals surface area contributed by atoms with Crippen molar-refractivity contribution >= 4 is 12.0 Å². The minimum absolute atomic E-state index is 0.0289. The average Bonchev–Trinajstić information content (AvgIpc) is 2.61. The van der Waals surface area contributed by atoms with Gasteiger partial charge < -0.3 is 20.1 Å². The zero-order chi connectivity index (χ0) is 20.3. The molecule has 2 N–H and O–H groups in total. The van der Waals surface area contributed by atoms with Gasteiger partial charge in [0.2, 0.25) is 0 Å². The SMILES string of the molecule is CCN(CC(=O)O)C1CC(NC(=O)N(C)C2CC(c3cccc(OC)c3)C2)C1. The van der Waals surface area contributed by atoms with Crippen molar-refractivity contribution in [1.29, 1.82) is 0 Å². The van der Waals surface area contributed by atoms with E-state index in [1.165, 1.54) is 5.56 Å². The highest BCUT2D eigenvalue weighted by Gasteiger charge is 2.38. The fraction of sp³-hybridized carbons (Fsp3) is 0.619. The van der Waals surface area contributed by atoms with Crippen molar-refractivity contribution < 1.29 is 19.4 Å². The average molecular weight is 389 g/mol. The van der Waals surface area contributed by atoms with Crippen LogP contribution in [-0.2, 0) is 4.79 Å². The second-order valence-electron chi connectivity index (χ2n) is 7.94. The second-order valence-corrected chi connectivity index (χ2v) is 7.94. The molecule has 0 unspecified atom stereocenters. The molecule has 0 aliphatic heterocycles. The van der Waals surface area contributed by atoms with Gasteiger partial charge in [0.25, 0.3) is 0 Å². The predicted octanol–water partition coefficient (Wildman–Crippen LogP) is 2.52. The number of nitrogens with one attached hydrogen (secondary N) is 1. The number of benzene rings is 1. The van der Waals surface area contributed by atoms with E-state index < -0.39 is 5.97 Å². The molecule has 0 radical (unpaired) electrons. The molecule has 154 valence electrons. The number of nitrogens with zero attached hydrogens (tertiary/aromatic N) is 2. The van der Waals surface area contributed by atoms with Crippen LogP contribution in [0, 0.1) is 0 Å². The van der Waals surface area contributed by atoms with Gasteiger partial charge in [-0.3, -0.25) is 9.69 Å². The van der Waals surface area contributed by atoms with Crippen LogP contribution in [0.3, 0.4) is 0 Å². The van der Waals surface area contributed by atoms with Crippen LogP contribution in [0.5, 0.6) is 5.75 Å². The lowest BCUT2D eigenvalue weighted by Gasteiger charge is -2.45. The maximum Gasteiger partial charge on any atom is 0.317 e. The highest BCUT2D eigenvalue weighted by molar-refractivity contribution is 5.75. The molecule has 7 heteroatoms. The summed E-state index contributed by atoms with van der Waals surface area (Å²) in [6.45, 7) is 2.75. The van der Waals surface area contributed by atoms with Gasteiger partial charge in [0, 0.05) is 25.2 Å². The maximum absolute atomic E-state index is 12.5. The molecule has 1 aromatic carbocycles. The Bertz CT molecular complexity index is 699. The summed E-state index contributed by atoms with van der Waals surface area (Å²) in [4.78, 5) is 27.2. The molecule has 2 saturated carbocycles. The number of urea groups is 1. The molecule has 1 aromatic rings. The monoisotopic (exact) mass is 389 g/mol. The number of methoxy groups -OCH3 is 1. The molecule has 28 heavy (non-hydrogen) atoms. The number of carbonyl (C=O) groups excluding carboxylic acids is 1. The Morgan fingerprint density at radius 2 is 1.93 bits per heavy atom. The minimum atomic E-state index is -0.801. The molecule has 0 heterocycles. The normalized spacial score (nSPS) is 26.1. The zero-order valence-electron chi connectivity index (χ0n) is 16.9. The van der Waals surface area contributed by atoms with Crippen molar-refractivity contribution in [2.75, 3.05) is 27.2 Å². The number of ether oxygens (including phenoxy) is 1. The number of carboxylic acid groups (broad SMARTS) is 1. The molecular formula is C21H31N3O4. The molecule has 0 bridgehead atoms. The summed E-state index contributed by atoms with van der Waals surface area (Å²) in [5.74, 6) is 0.540. The van der Waals surface area contributed by atoms with Crippen LogP contribution in [0.1, 0.15) is 44.1 Å². The molecule has 0 saturated heterocycles. The van der Waals surface area contributed by atoms with E-state index >= 15 is 0 Å². The quantitative estimate of drug-likeness (QED) is 0.714. The van der Waals surface area contributed by atoms with Gasteiger partial charge in [0.1, 0.15) is 5.75 Å². The van der Waals surface area contributed by atoms with E-state index in [1.807, 2.05) is 35.9 Å². The number of aliphatic carboxylic acids is 1. The van der Waals surface area contributed by atoms with E-state index in [2.05, 4.69) is 17.4 Å². The third-order valence-electron chi connectivity index (χ3n) is 6.25. The number of amides is 2. The van der Waals surface area contributed by atoms with E-state index in [9.17, 15) is 9.59 Å². The molecule has 2 aliphatic carbocycles. The summed E-state index contributed by atoms with van der Waals surface area (Å²) >= 11 is 0. The Kier molecular flexibility index (Phi) is 6.44. The van der Waals surface area contributed by atoms with Crippen molar-refractivity contribution in [3.8, 4) is 5.75 Å². The van der Waals surface area contributed by atoms with E-state index in [1.54, 1.807) is 7.11 Å². The first-order chi connectivity index (χ1) is 13.4. The Morgan fingerprint density at radius 1 is 1.21 bits per heavy atom. The van der Waals surface area contributed by atoms with Gasteiger partial charge in [-0.2, -0.15) is 0 Å². The van der Waals surface area contributed by atoms with E-state index in [0.29, 0.717) is 12.5 Å². The first-order valence-corrected chi connectivity index (χ1v) is 10.0. The van der Waals surface area contributed by atoms with E-state index in [0.717, 1.165) is 31.4 Å². The lowest BCUT2D eigenvalue weighted by atomic mass is 9.75. The van der Waals surface area contributed by atoms with Crippen molar-refractivity contribution in [2.45, 2.75) is 56.7 Å². The molecule has 0 atom stereocenters. The standard InChI is InChI=1S/C21H31N3O4/c1-4-24(13-20(25)26)18-11-16(12-18)22-21(27)23(2)17-8-15(9-17)14-6-5-7-19(10-14)28-3/h5-7,10,15-18H,4,8-9,11-13H2,1-3H3,(H,22,27)(H,25,26). The Balaban J connectivity index is 1.41. The first-order valence-electron chi connectivity index (χ1n) is 10.0. The van der Waals surface area contributed by atoms with Gasteiger partial charge >= 0.3 is 12.0 Å². The topological polar surface area (TPSA) is 82.1 Å². The van der Waals surface area contributed by atoms with Crippen LogP contribution in [0.25, 0.3) is 0 Å². The van der Waals surface area contributed by atoms with Gasteiger partial charge in [-0.1, -0.05) is 19.1 Å². The Morgan fingerprint density at radius 3 is 2.54 bits per heavy atom.